The van der Waals surface area contributed by atoms with Crippen molar-refractivity contribution >= 4 is 12.3 Å². The van der Waals surface area contributed by atoms with Gasteiger partial charge in [-0.1, -0.05) is 25.7 Å². The van der Waals surface area contributed by atoms with Crippen LogP contribution in [-0.4, -0.2) is 48.3 Å². The first-order valence-corrected chi connectivity index (χ1v) is 6.79. The van der Waals surface area contributed by atoms with Crippen molar-refractivity contribution in [2.24, 2.45) is 5.92 Å². The standard InChI is InChI=1S/C13H22N2O2/c16-11-14-7-9-15(10-8-14)13(17)12-5-3-1-2-4-6-12/h11-12H,1-10H2. The van der Waals surface area contributed by atoms with Gasteiger partial charge in [-0.15, -0.1) is 0 Å². The molecule has 0 aromatic carbocycles. The molecule has 1 saturated carbocycles. The second kappa shape index (κ2) is 6.03. The lowest BCUT2D eigenvalue weighted by Gasteiger charge is -2.34. The molecule has 2 aliphatic rings. The van der Waals surface area contributed by atoms with E-state index in [-0.39, 0.29) is 5.92 Å². The van der Waals surface area contributed by atoms with E-state index in [1.807, 2.05) is 4.90 Å². The van der Waals surface area contributed by atoms with Gasteiger partial charge in [0.25, 0.3) is 0 Å². The fraction of sp³-hybridized carbons (Fsp3) is 0.846. The van der Waals surface area contributed by atoms with Crippen molar-refractivity contribution in [3.05, 3.63) is 0 Å². The zero-order chi connectivity index (χ0) is 12.1. The summed E-state index contributed by atoms with van der Waals surface area (Å²) < 4.78 is 0. The lowest BCUT2D eigenvalue weighted by molar-refractivity contribution is -0.139. The molecular formula is C13H22N2O2. The van der Waals surface area contributed by atoms with Gasteiger partial charge in [-0.25, -0.2) is 0 Å². The molecule has 2 amide bonds. The monoisotopic (exact) mass is 238 g/mol. The summed E-state index contributed by atoms with van der Waals surface area (Å²) >= 11 is 0. The highest BCUT2D eigenvalue weighted by Gasteiger charge is 2.27. The van der Waals surface area contributed by atoms with Gasteiger partial charge < -0.3 is 9.80 Å². The topological polar surface area (TPSA) is 40.6 Å². The molecule has 2 rings (SSSR count). The van der Waals surface area contributed by atoms with Crippen LogP contribution in [0.1, 0.15) is 38.5 Å². The number of hydrogen-bond acceptors (Lipinski definition) is 2. The van der Waals surface area contributed by atoms with Gasteiger partial charge in [0.2, 0.25) is 12.3 Å². The molecule has 1 heterocycles. The molecule has 1 saturated heterocycles. The van der Waals surface area contributed by atoms with E-state index in [4.69, 9.17) is 0 Å². The number of nitrogens with zero attached hydrogens (tertiary/aromatic N) is 2. The summed E-state index contributed by atoms with van der Waals surface area (Å²) in [5, 5.41) is 0. The van der Waals surface area contributed by atoms with Crippen LogP contribution in [0.2, 0.25) is 0 Å². The summed E-state index contributed by atoms with van der Waals surface area (Å²) in [5.74, 6) is 0.581. The molecule has 0 atom stereocenters. The second-order valence-corrected chi connectivity index (χ2v) is 5.16. The number of amides is 2. The Kier molecular flexibility index (Phi) is 4.40. The Morgan fingerprint density at radius 1 is 0.941 bits per heavy atom. The molecule has 0 bridgehead atoms. The van der Waals surface area contributed by atoms with E-state index in [1.165, 1.54) is 25.7 Å². The summed E-state index contributed by atoms with van der Waals surface area (Å²) in [5.41, 5.74) is 0. The molecule has 0 spiro atoms. The first kappa shape index (κ1) is 12.4. The van der Waals surface area contributed by atoms with E-state index < -0.39 is 0 Å². The smallest absolute Gasteiger partial charge is 0.225 e. The summed E-state index contributed by atoms with van der Waals surface area (Å²) in [6.07, 6.45) is 7.97. The Bertz CT molecular complexity index is 265. The van der Waals surface area contributed by atoms with Crippen molar-refractivity contribution in [3.63, 3.8) is 0 Å². The number of hydrogen-bond donors (Lipinski definition) is 0. The zero-order valence-corrected chi connectivity index (χ0v) is 10.4. The molecule has 17 heavy (non-hydrogen) atoms. The van der Waals surface area contributed by atoms with Crippen LogP contribution in [-0.2, 0) is 9.59 Å². The third-order valence-electron chi connectivity index (χ3n) is 3.98. The fourth-order valence-corrected chi connectivity index (χ4v) is 2.83. The Labute approximate surface area is 103 Å². The van der Waals surface area contributed by atoms with Crippen LogP contribution in [0.15, 0.2) is 0 Å². The Hall–Kier alpha value is -1.06. The predicted octanol–water partition coefficient (Wildman–Crippen LogP) is 1.26. The largest absolute Gasteiger partial charge is 0.342 e. The Balaban J connectivity index is 1.84. The minimum absolute atomic E-state index is 0.250. The number of carbonyl (C=O) groups is 2. The van der Waals surface area contributed by atoms with Crippen LogP contribution >= 0.6 is 0 Å². The molecule has 96 valence electrons. The Morgan fingerprint density at radius 2 is 1.53 bits per heavy atom. The number of piperazine rings is 1. The maximum Gasteiger partial charge on any atom is 0.225 e. The lowest BCUT2D eigenvalue weighted by atomic mass is 9.98. The van der Waals surface area contributed by atoms with Crippen molar-refractivity contribution < 1.29 is 9.59 Å². The summed E-state index contributed by atoms with van der Waals surface area (Å²) in [4.78, 5) is 26.6. The van der Waals surface area contributed by atoms with E-state index in [9.17, 15) is 9.59 Å². The second-order valence-electron chi connectivity index (χ2n) is 5.16. The number of rotatable bonds is 2. The average Bonchev–Trinajstić information content (AvgIpc) is 2.67. The van der Waals surface area contributed by atoms with Crippen molar-refractivity contribution in [1.29, 1.82) is 0 Å². The molecule has 2 fully saturated rings. The first-order chi connectivity index (χ1) is 8.31. The lowest BCUT2D eigenvalue weighted by Crippen LogP contribution is -2.49. The van der Waals surface area contributed by atoms with Crippen LogP contribution in [0.5, 0.6) is 0 Å². The SMILES string of the molecule is O=CN1CCN(C(=O)C2CCCCCC2)CC1. The fourth-order valence-electron chi connectivity index (χ4n) is 2.83. The third kappa shape index (κ3) is 3.20. The van der Waals surface area contributed by atoms with Crippen LogP contribution < -0.4 is 0 Å². The van der Waals surface area contributed by atoms with Crippen LogP contribution in [0.4, 0.5) is 0 Å². The van der Waals surface area contributed by atoms with Gasteiger partial charge >= 0.3 is 0 Å². The van der Waals surface area contributed by atoms with Crippen LogP contribution in [0, 0.1) is 5.92 Å². The maximum absolute atomic E-state index is 12.3. The number of carbonyl (C=O) groups excluding carboxylic acids is 2. The molecule has 1 aliphatic carbocycles. The molecule has 1 aliphatic heterocycles. The van der Waals surface area contributed by atoms with Gasteiger partial charge in [0.15, 0.2) is 0 Å². The minimum atomic E-state index is 0.250. The van der Waals surface area contributed by atoms with Gasteiger partial charge in [0.05, 0.1) is 0 Å². The molecule has 0 unspecified atom stereocenters. The predicted molar refractivity (Wildman–Crippen MR) is 65.4 cm³/mol. The average molecular weight is 238 g/mol. The van der Waals surface area contributed by atoms with E-state index in [2.05, 4.69) is 0 Å². The van der Waals surface area contributed by atoms with Crippen molar-refractivity contribution in [2.75, 3.05) is 26.2 Å². The summed E-state index contributed by atoms with van der Waals surface area (Å²) in [7, 11) is 0. The van der Waals surface area contributed by atoms with Crippen LogP contribution in [0.25, 0.3) is 0 Å². The maximum atomic E-state index is 12.3. The Morgan fingerprint density at radius 3 is 2.06 bits per heavy atom. The highest BCUT2D eigenvalue weighted by Crippen LogP contribution is 2.24. The highest BCUT2D eigenvalue weighted by molar-refractivity contribution is 5.79. The van der Waals surface area contributed by atoms with Crippen molar-refractivity contribution in [3.8, 4) is 0 Å². The molecule has 4 heteroatoms. The summed E-state index contributed by atoms with van der Waals surface area (Å²) in [6, 6.07) is 0. The summed E-state index contributed by atoms with van der Waals surface area (Å²) in [6.45, 7) is 2.83. The van der Waals surface area contributed by atoms with Gasteiger partial charge in [0, 0.05) is 32.1 Å². The van der Waals surface area contributed by atoms with Crippen molar-refractivity contribution in [1.82, 2.24) is 9.80 Å². The van der Waals surface area contributed by atoms with E-state index >= 15 is 0 Å². The van der Waals surface area contributed by atoms with Gasteiger partial charge in [0.1, 0.15) is 0 Å². The van der Waals surface area contributed by atoms with E-state index in [1.54, 1.807) is 4.90 Å². The molecular weight excluding hydrogens is 216 g/mol. The molecule has 0 aromatic rings. The van der Waals surface area contributed by atoms with E-state index in [0.717, 1.165) is 19.3 Å². The molecule has 0 aromatic heterocycles. The molecule has 0 radical (unpaired) electrons. The quantitative estimate of drug-likeness (QED) is 0.537. The van der Waals surface area contributed by atoms with Crippen molar-refractivity contribution in [2.45, 2.75) is 38.5 Å². The molecule has 0 N–H and O–H groups in total. The highest BCUT2D eigenvalue weighted by atomic mass is 16.2. The van der Waals surface area contributed by atoms with Gasteiger partial charge in [-0.3, -0.25) is 9.59 Å². The molecule has 4 nitrogen and oxygen atoms in total. The normalized spacial score (nSPS) is 23.3. The van der Waals surface area contributed by atoms with E-state index in [0.29, 0.717) is 32.1 Å². The van der Waals surface area contributed by atoms with Gasteiger partial charge in [-0.05, 0) is 12.8 Å². The van der Waals surface area contributed by atoms with Gasteiger partial charge in [-0.2, -0.15) is 0 Å². The minimum Gasteiger partial charge on any atom is -0.342 e. The zero-order valence-electron chi connectivity index (χ0n) is 10.4. The first-order valence-electron chi connectivity index (χ1n) is 6.79. The van der Waals surface area contributed by atoms with Crippen LogP contribution in [0.3, 0.4) is 0 Å². The third-order valence-corrected chi connectivity index (χ3v) is 3.98.